The molecule has 0 radical (unpaired) electrons. The van der Waals surface area contributed by atoms with Crippen molar-refractivity contribution in [3.8, 4) is 11.1 Å². The van der Waals surface area contributed by atoms with Crippen molar-refractivity contribution in [3.63, 3.8) is 0 Å². The van der Waals surface area contributed by atoms with E-state index in [0.29, 0.717) is 17.7 Å². The summed E-state index contributed by atoms with van der Waals surface area (Å²) in [4.78, 5) is 26.1. The largest absolute Gasteiger partial charge is 0.465 e. The van der Waals surface area contributed by atoms with Gasteiger partial charge in [-0.3, -0.25) is 4.79 Å². The SMILES string of the molecule is COC(=O)c1cccc(-c2ccc(C(=O)N(C)C[C@H]3CCCCO3)cc2)c1. The molecule has 1 amide bonds. The highest BCUT2D eigenvalue weighted by molar-refractivity contribution is 5.95. The molecule has 1 heterocycles. The van der Waals surface area contributed by atoms with E-state index in [-0.39, 0.29) is 18.0 Å². The van der Waals surface area contributed by atoms with Gasteiger partial charge in [-0.1, -0.05) is 24.3 Å². The number of carbonyl (C=O) groups is 2. The van der Waals surface area contributed by atoms with Gasteiger partial charge in [0.05, 0.1) is 18.8 Å². The molecule has 0 aromatic heterocycles. The molecule has 0 unspecified atom stereocenters. The van der Waals surface area contributed by atoms with Crippen LogP contribution in [0.4, 0.5) is 0 Å². The first-order chi connectivity index (χ1) is 13.1. The molecule has 2 aromatic carbocycles. The monoisotopic (exact) mass is 367 g/mol. The lowest BCUT2D eigenvalue weighted by Crippen LogP contribution is -2.37. The van der Waals surface area contributed by atoms with E-state index in [2.05, 4.69) is 0 Å². The normalized spacial score (nSPS) is 16.6. The van der Waals surface area contributed by atoms with Crippen LogP contribution >= 0.6 is 0 Å². The molecule has 0 N–H and O–H groups in total. The van der Waals surface area contributed by atoms with Gasteiger partial charge >= 0.3 is 5.97 Å². The van der Waals surface area contributed by atoms with E-state index in [9.17, 15) is 9.59 Å². The van der Waals surface area contributed by atoms with Gasteiger partial charge in [0.2, 0.25) is 0 Å². The number of amides is 1. The third kappa shape index (κ3) is 4.74. The van der Waals surface area contributed by atoms with Gasteiger partial charge < -0.3 is 14.4 Å². The minimum absolute atomic E-state index is 0.0148. The summed E-state index contributed by atoms with van der Waals surface area (Å²) in [5, 5.41) is 0. The first-order valence-electron chi connectivity index (χ1n) is 9.24. The minimum atomic E-state index is -0.366. The number of rotatable bonds is 5. The van der Waals surface area contributed by atoms with Crippen LogP contribution in [-0.4, -0.2) is 50.2 Å². The molecule has 0 aliphatic carbocycles. The maximum absolute atomic E-state index is 12.7. The van der Waals surface area contributed by atoms with E-state index in [1.165, 1.54) is 7.11 Å². The Kier molecular flexibility index (Phi) is 6.24. The summed E-state index contributed by atoms with van der Waals surface area (Å²) in [7, 11) is 3.18. The van der Waals surface area contributed by atoms with E-state index < -0.39 is 0 Å². The second-order valence-electron chi connectivity index (χ2n) is 6.82. The Morgan fingerprint density at radius 1 is 1.07 bits per heavy atom. The highest BCUT2D eigenvalue weighted by Crippen LogP contribution is 2.22. The van der Waals surface area contributed by atoms with Crippen molar-refractivity contribution in [2.75, 3.05) is 27.3 Å². The van der Waals surface area contributed by atoms with Crippen molar-refractivity contribution >= 4 is 11.9 Å². The number of methoxy groups -OCH3 is 1. The van der Waals surface area contributed by atoms with Crippen molar-refractivity contribution in [3.05, 3.63) is 59.7 Å². The number of hydrogen-bond acceptors (Lipinski definition) is 4. The molecule has 2 aromatic rings. The number of benzene rings is 2. The number of esters is 1. The maximum atomic E-state index is 12.7. The summed E-state index contributed by atoms with van der Waals surface area (Å²) >= 11 is 0. The smallest absolute Gasteiger partial charge is 0.337 e. The summed E-state index contributed by atoms with van der Waals surface area (Å²) in [6.45, 7) is 1.40. The fraction of sp³-hybridized carbons (Fsp3) is 0.364. The molecular weight excluding hydrogens is 342 g/mol. The number of nitrogens with zero attached hydrogens (tertiary/aromatic N) is 1. The second kappa shape index (κ2) is 8.82. The van der Waals surface area contributed by atoms with Crippen molar-refractivity contribution < 1.29 is 19.1 Å². The van der Waals surface area contributed by atoms with Crippen LogP contribution in [-0.2, 0) is 9.47 Å². The summed E-state index contributed by atoms with van der Waals surface area (Å²) in [6.07, 6.45) is 3.40. The molecule has 5 heteroatoms. The zero-order chi connectivity index (χ0) is 19.2. The predicted molar refractivity (Wildman–Crippen MR) is 104 cm³/mol. The molecule has 1 aliphatic rings. The summed E-state index contributed by atoms with van der Waals surface area (Å²) in [6, 6.07) is 14.7. The Balaban J connectivity index is 1.69. The predicted octanol–water partition coefficient (Wildman–Crippen LogP) is 3.78. The third-order valence-electron chi connectivity index (χ3n) is 4.85. The molecule has 0 saturated carbocycles. The van der Waals surface area contributed by atoms with Crippen LogP contribution in [0, 0.1) is 0 Å². The fourth-order valence-electron chi connectivity index (χ4n) is 3.31. The second-order valence-corrected chi connectivity index (χ2v) is 6.82. The van der Waals surface area contributed by atoms with E-state index >= 15 is 0 Å². The first-order valence-corrected chi connectivity index (χ1v) is 9.24. The maximum Gasteiger partial charge on any atom is 0.337 e. The lowest BCUT2D eigenvalue weighted by molar-refractivity contribution is -0.000187. The third-order valence-corrected chi connectivity index (χ3v) is 4.85. The van der Waals surface area contributed by atoms with Gasteiger partial charge in [0.25, 0.3) is 5.91 Å². The number of likely N-dealkylation sites (N-methyl/N-ethyl adjacent to an activating group) is 1. The molecule has 1 saturated heterocycles. The standard InChI is InChI=1S/C22H25NO4/c1-23(15-20-8-3-4-13-27-20)21(24)17-11-9-16(10-12-17)18-6-5-7-19(14-18)22(25)26-2/h5-7,9-12,14,20H,3-4,8,13,15H2,1-2H3/t20-/m1/s1. The van der Waals surface area contributed by atoms with Gasteiger partial charge in [0, 0.05) is 25.8 Å². The van der Waals surface area contributed by atoms with Crippen LogP contribution in [0.1, 0.15) is 40.0 Å². The van der Waals surface area contributed by atoms with Gasteiger partial charge in [-0.15, -0.1) is 0 Å². The molecule has 27 heavy (non-hydrogen) atoms. The zero-order valence-corrected chi connectivity index (χ0v) is 15.8. The lowest BCUT2D eigenvalue weighted by Gasteiger charge is -2.27. The number of ether oxygens (including phenoxy) is 2. The van der Waals surface area contributed by atoms with Gasteiger partial charge in [0.1, 0.15) is 0 Å². The molecule has 5 nitrogen and oxygen atoms in total. The molecule has 1 fully saturated rings. The van der Waals surface area contributed by atoms with E-state index in [1.807, 2.05) is 43.4 Å². The Bertz CT molecular complexity index is 794. The van der Waals surface area contributed by atoms with Crippen LogP contribution < -0.4 is 0 Å². The van der Waals surface area contributed by atoms with Crippen molar-refractivity contribution in [2.45, 2.75) is 25.4 Å². The average Bonchev–Trinajstić information content (AvgIpc) is 2.73. The minimum Gasteiger partial charge on any atom is -0.465 e. The van der Waals surface area contributed by atoms with Gasteiger partial charge in [-0.2, -0.15) is 0 Å². The molecule has 1 atom stereocenters. The quantitative estimate of drug-likeness (QED) is 0.755. The Morgan fingerprint density at radius 3 is 2.52 bits per heavy atom. The fourth-order valence-corrected chi connectivity index (χ4v) is 3.31. The van der Waals surface area contributed by atoms with Crippen LogP contribution in [0.15, 0.2) is 48.5 Å². The van der Waals surface area contributed by atoms with E-state index in [1.54, 1.807) is 17.0 Å². The summed E-state index contributed by atoms with van der Waals surface area (Å²) in [5.74, 6) is -0.380. The molecule has 0 spiro atoms. The highest BCUT2D eigenvalue weighted by atomic mass is 16.5. The first kappa shape index (κ1) is 19.1. The molecule has 1 aliphatic heterocycles. The molecule has 0 bridgehead atoms. The average molecular weight is 367 g/mol. The number of hydrogen-bond donors (Lipinski definition) is 0. The van der Waals surface area contributed by atoms with E-state index in [4.69, 9.17) is 9.47 Å². The van der Waals surface area contributed by atoms with Crippen LogP contribution in [0.2, 0.25) is 0 Å². The Morgan fingerprint density at radius 2 is 1.85 bits per heavy atom. The summed E-state index contributed by atoms with van der Waals surface area (Å²) in [5.41, 5.74) is 2.99. The molecule has 3 rings (SSSR count). The van der Waals surface area contributed by atoms with E-state index in [0.717, 1.165) is 37.0 Å². The zero-order valence-electron chi connectivity index (χ0n) is 15.8. The lowest BCUT2D eigenvalue weighted by atomic mass is 10.0. The van der Waals surface area contributed by atoms with Gasteiger partial charge in [-0.25, -0.2) is 4.79 Å². The Labute approximate surface area is 159 Å². The van der Waals surface area contributed by atoms with Crippen LogP contribution in [0.3, 0.4) is 0 Å². The molecular formula is C22H25NO4. The molecule has 142 valence electrons. The van der Waals surface area contributed by atoms with Crippen molar-refractivity contribution in [1.82, 2.24) is 4.90 Å². The van der Waals surface area contributed by atoms with Crippen molar-refractivity contribution in [2.24, 2.45) is 0 Å². The highest BCUT2D eigenvalue weighted by Gasteiger charge is 2.19. The summed E-state index contributed by atoms with van der Waals surface area (Å²) < 4.78 is 10.5. The van der Waals surface area contributed by atoms with Gasteiger partial charge in [-0.05, 0) is 54.7 Å². The van der Waals surface area contributed by atoms with Crippen LogP contribution in [0.5, 0.6) is 0 Å². The topological polar surface area (TPSA) is 55.8 Å². The number of carbonyl (C=O) groups excluding carboxylic acids is 2. The van der Waals surface area contributed by atoms with Crippen LogP contribution in [0.25, 0.3) is 11.1 Å². The Hall–Kier alpha value is -2.66. The van der Waals surface area contributed by atoms with Crippen molar-refractivity contribution in [1.29, 1.82) is 0 Å². The van der Waals surface area contributed by atoms with Gasteiger partial charge in [0.15, 0.2) is 0 Å².